The lowest BCUT2D eigenvalue weighted by Crippen LogP contribution is -2.35. The van der Waals surface area contributed by atoms with Crippen LogP contribution in [-0.2, 0) is 22.7 Å². The quantitative estimate of drug-likeness (QED) is 0.622. The molecule has 1 N–H and O–H groups in total. The van der Waals surface area contributed by atoms with Gasteiger partial charge in [0.1, 0.15) is 12.4 Å². The Labute approximate surface area is 182 Å². The van der Waals surface area contributed by atoms with E-state index in [0.29, 0.717) is 5.82 Å². The van der Waals surface area contributed by atoms with Crippen LogP contribution in [0.4, 0.5) is 0 Å². The van der Waals surface area contributed by atoms with Crippen molar-refractivity contribution in [3.63, 3.8) is 0 Å². The van der Waals surface area contributed by atoms with E-state index in [1.165, 1.54) is 18.9 Å². The van der Waals surface area contributed by atoms with E-state index in [-0.39, 0.29) is 24.9 Å². The molecule has 0 aliphatic carbocycles. The SMILES string of the molecule is O=C(/C=C\c1ccccc1)NCc1nc2ccccc2n1CC(=O)N1CCCCCC1. The lowest BCUT2D eigenvalue weighted by atomic mass is 10.2. The highest BCUT2D eigenvalue weighted by Crippen LogP contribution is 2.17. The maximum absolute atomic E-state index is 13.0. The van der Waals surface area contributed by atoms with E-state index in [0.717, 1.165) is 42.5 Å². The molecule has 0 atom stereocenters. The molecular formula is C25H28N4O2. The summed E-state index contributed by atoms with van der Waals surface area (Å²) in [5.41, 5.74) is 2.71. The zero-order valence-electron chi connectivity index (χ0n) is 17.7. The summed E-state index contributed by atoms with van der Waals surface area (Å²) in [7, 11) is 0. The number of amides is 2. The van der Waals surface area contributed by atoms with E-state index in [1.807, 2.05) is 64.1 Å². The second-order valence-corrected chi connectivity index (χ2v) is 7.86. The van der Waals surface area contributed by atoms with Crippen molar-refractivity contribution >= 4 is 28.9 Å². The van der Waals surface area contributed by atoms with Gasteiger partial charge >= 0.3 is 0 Å². The van der Waals surface area contributed by atoms with Gasteiger partial charge in [0, 0.05) is 19.2 Å². The molecule has 3 aromatic rings. The van der Waals surface area contributed by atoms with Crippen LogP contribution in [0.5, 0.6) is 0 Å². The van der Waals surface area contributed by atoms with Crippen LogP contribution in [0, 0.1) is 0 Å². The number of hydrogen-bond acceptors (Lipinski definition) is 3. The number of hydrogen-bond donors (Lipinski definition) is 1. The average Bonchev–Trinajstić information content (AvgIpc) is 2.96. The number of fused-ring (bicyclic) bond motifs is 1. The molecule has 0 bridgehead atoms. The molecule has 2 amide bonds. The van der Waals surface area contributed by atoms with Crippen LogP contribution in [0.3, 0.4) is 0 Å². The Hall–Kier alpha value is -3.41. The molecule has 1 fully saturated rings. The predicted octanol–water partition coefficient (Wildman–Crippen LogP) is 3.77. The molecule has 4 rings (SSSR count). The molecule has 1 aromatic heterocycles. The Morgan fingerprint density at radius 1 is 0.935 bits per heavy atom. The molecule has 2 aromatic carbocycles. The topological polar surface area (TPSA) is 67.2 Å². The third-order valence-corrected chi connectivity index (χ3v) is 5.63. The van der Waals surface area contributed by atoms with Crippen LogP contribution in [-0.4, -0.2) is 39.4 Å². The highest BCUT2D eigenvalue weighted by atomic mass is 16.2. The fourth-order valence-corrected chi connectivity index (χ4v) is 3.95. The number of rotatable bonds is 6. The van der Waals surface area contributed by atoms with Crippen molar-refractivity contribution in [1.29, 1.82) is 0 Å². The largest absolute Gasteiger partial charge is 0.345 e. The summed E-state index contributed by atoms with van der Waals surface area (Å²) in [6.07, 6.45) is 7.79. The standard InChI is InChI=1S/C25H28N4O2/c30-24(15-14-20-10-4-3-5-11-20)26-18-23-27-21-12-6-7-13-22(21)29(23)19-25(31)28-16-8-1-2-9-17-28/h3-7,10-15H,1-2,8-9,16-19H2,(H,26,30)/b15-14-. The fraction of sp³-hybridized carbons (Fsp3) is 0.320. The number of nitrogens with one attached hydrogen (secondary N) is 1. The van der Waals surface area contributed by atoms with Crippen LogP contribution >= 0.6 is 0 Å². The van der Waals surface area contributed by atoms with Crippen LogP contribution in [0.15, 0.2) is 60.7 Å². The van der Waals surface area contributed by atoms with Gasteiger partial charge in [0.25, 0.3) is 0 Å². The zero-order chi connectivity index (χ0) is 21.5. The number of carbonyl (C=O) groups excluding carboxylic acids is 2. The highest BCUT2D eigenvalue weighted by molar-refractivity contribution is 5.91. The van der Waals surface area contributed by atoms with Crippen molar-refractivity contribution in [1.82, 2.24) is 19.8 Å². The predicted molar refractivity (Wildman–Crippen MR) is 122 cm³/mol. The summed E-state index contributed by atoms with van der Waals surface area (Å²) in [5.74, 6) is 0.605. The Bertz CT molecular complexity index is 1060. The van der Waals surface area contributed by atoms with E-state index in [1.54, 1.807) is 6.08 Å². The molecule has 0 unspecified atom stereocenters. The molecule has 31 heavy (non-hydrogen) atoms. The van der Waals surface area contributed by atoms with Gasteiger partial charge in [0.05, 0.1) is 17.6 Å². The molecule has 0 spiro atoms. The summed E-state index contributed by atoms with van der Waals surface area (Å²) in [4.78, 5) is 31.9. The van der Waals surface area contributed by atoms with Gasteiger partial charge in [-0.25, -0.2) is 4.98 Å². The first kappa shape index (κ1) is 20.8. The highest BCUT2D eigenvalue weighted by Gasteiger charge is 2.19. The van der Waals surface area contributed by atoms with Crippen LogP contribution in [0.25, 0.3) is 17.1 Å². The minimum Gasteiger partial charge on any atom is -0.345 e. The first-order valence-electron chi connectivity index (χ1n) is 10.9. The third-order valence-electron chi connectivity index (χ3n) is 5.63. The van der Waals surface area contributed by atoms with Gasteiger partial charge in [0.15, 0.2) is 0 Å². The normalized spacial score (nSPS) is 14.6. The molecule has 6 nitrogen and oxygen atoms in total. The number of para-hydroxylation sites is 2. The van der Waals surface area contributed by atoms with E-state index in [9.17, 15) is 9.59 Å². The third kappa shape index (κ3) is 5.40. The molecule has 1 aliphatic rings. The van der Waals surface area contributed by atoms with E-state index < -0.39 is 0 Å². The van der Waals surface area contributed by atoms with Crippen LogP contribution in [0.2, 0.25) is 0 Å². The monoisotopic (exact) mass is 416 g/mol. The molecule has 160 valence electrons. The number of aromatic nitrogens is 2. The maximum Gasteiger partial charge on any atom is 0.244 e. The lowest BCUT2D eigenvalue weighted by molar-refractivity contribution is -0.131. The molecule has 2 heterocycles. The van der Waals surface area contributed by atoms with E-state index in [4.69, 9.17) is 0 Å². The smallest absolute Gasteiger partial charge is 0.244 e. The van der Waals surface area contributed by atoms with Crippen molar-refractivity contribution < 1.29 is 9.59 Å². The Morgan fingerprint density at radius 3 is 2.42 bits per heavy atom. The molecule has 1 saturated heterocycles. The van der Waals surface area contributed by atoms with E-state index >= 15 is 0 Å². The summed E-state index contributed by atoms with van der Waals surface area (Å²) in [5, 5.41) is 2.90. The molecule has 0 radical (unpaired) electrons. The number of benzene rings is 2. The van der Waals surface area contributed by atoms with Gasteiger partial charge in [-0.1, -0.05) is 55.3 Å². The maximum atomic E-state index is 13.0. The second kappa shape index (κ2) is 10.1. The minimum atomic E-state index is -0.193. The number of carbonyl (C=O) groups is 2. The van der Waals surface area contributed by atoms with Crippen molar-refractivity contribution in [3.05, 3.63) is 72.1 Å². The van der Waals surface area contributed by atoms with Crippen molar-refractivity contribution in [2.24, 2.45) is 0 Å². The zero-order valence-corrected chi connectivity index (χ0v) is 17.7. The van der Waals surface area contributed by atoms with E-state index in [2.05, 4.69) is 10.3 Å². The Kier molecular flexibility index (Phi) is 6.77. The fourth-order valence-electron chi connectivity index (χ4n) is 3.95. The average molecular weight is 417 g/mol. The molecular weight excluding hydrogens is 388 g/mol. The van der Waals surface area contributed by atoms with Gasteiger partial charge in [-0.15, -0.1) is 0 Å². The lowest BCUT2D eigenvalue weighted by Gasteiger charge is -2.21. The number of nitrogens with zero attached hydrogens (tertiary/aromatic N) is 3. The number of likely N-dealkylation sites (tertiary alicyclic amines) is 1. The van der Waals surface area contributed by atoms with Crippen LogP contribution in [0.1, 0.15) is 37.1 Å². The molecule has 1 aliphatic heterocycles. The first-order chi connectivity index (χ1) is 15.2. The van der Waals surface area contributed by atoms with Gasteiger partial charge in [-0.05, 0) is 36.6 Å². The van der Waals surface area contributed by atoms with Crippen molar-refractivity contribution in [3.8, 4) is 0 Å². The van der Waals surface area contributed by atoms with Gasteiger partial charge in [-0.2, -0.15) is 0 Å². The molecule has 0 saturated carbocycles. The van der Waals surface area contributed by atoms with Gasteiger partial charge in [0.2, 0.25) is 11.8 Å². The Morgan fingerprint density at radius 2 is 1.65 bits per heavy atom. The second-order valence-electron chi connectivity index (χ2n) is 7.86. The first-order valence-corrected chi connectivity index (χ1v) is 10.9. The minimum absolute atomic E-state index is 0.113. The summed E-state index contributed by atoms with van der Waals surface area (Å²) in [6, 6.07) is 17.5. The van der Waals surface area contributed by atoms with Gasteiger partial charge < -0.3 is 14.8 Å². The van der Waals surface area contributed by atoms with Crippen molar-refractivity contribution in [2.75, 3.05) is 13.1 Å². The Balaban J connectivity index is 1.47. The van der Waals surface area contributed by atoms with Gasteiger partial charge in [-0.3, -0.25) is 9.59 Å². The summed E-state index contributed by atoms with van der Waals surface area (Å²) >= 11 is 0. The van der Waals surface area contributed by atoms with Crippen LogP contribution < -0.4 is 5.32 Å². The summed E-state index contributed by atoms with van der Waals surface area (Å²) < 4.78 is 1.93. The number of imidazole rings is 1. The van der Waals surface area contributed by atoms with Crippen molar-refractivity contribution in [2.45, 2.75) is 38.8 Å². The molecule has 6 heteroatoms. The summed E-state index contributed by atoms with van der Waals surface area (Å²) in [6.45, 7) is 2.15.